The molecule has 0 radical (unpaired) electrons. The SMILES string of the molecule is c1ccc(Cc2noc([C@H]3CCCCN3)n2)nc1. The van der Waals surface area contributed by atoms with E-state index in [-0.39, 0.29) is 6.04 Å². The molecule has 1 aliphatic heterocycles. The van der Waals surface area contributed by atoms with Gasteiger partial charge in [0.2, 0.25) is 5.89 Å². The summed E-state index contributed by atoms with van der Waals surface area (Å²) in [4.78, 5) is 8.71. The predicted octanol–water partition coefficient (Wildman–Crippen LogP) is 1.87. The lowest BCUT2D eigenvalue weighted by Crippen LogP contribution is -2.27. The molecule has 1 fully saturated rings. The zero-order valence-electron chi connectivity index (χ0n) is 10.2. The highest BCUT2D eigenvalue weighted by molar-refractivity contribution is 5.09. The minimum absolute atomic E-state index is 0.226. The van der Waals surface area contributed by atoms with E-state index in [0.717, 1.165) is 18.7 Å². The molecule has 94 valence electrons. The standard InChI is InChI=1S/C13H16N4O/c1-3-7-14-10(5-1)9-12-16-13(18-17-12)11-6-2-4-8-15-11/h1,3,5,7,11,15H,2,4,6,8-9H2/t11-/m1/s1. The molecular weight excluding hydrogens is 228 g/mol. The molecule has 0 saturated carbocycles. The van der Waals surface area contributed by atoms with Crippen LogP contribution >= 0.6 is 0 Å². The average Bonchev–Trinajstić information content (AvgIpc) is 2.89. The van der Waals surface area contributed by atoms with Gasteiger partial charge in [-0.2, -0.15) is 4.98 Å². The number of piperidine rings is 1. The number of aromatic nitrogens is 3. The molecule has 3 heterocycles. The van der Waals surface area contributed by atoms with Crippen molar-refractivity contribution in [1.82, 2.24) is 20.4 Å². The summed E-state index contributed by atoms with van der Waals surface area (Å²) in [6.07, 6.45) is 5.92. The number of hydrogen-bond donors (Lipinski definition) is 1. The summed E-state index contributed by atoms with van der Waals surface area (Å²) in [5.41, 5.74) is 0.960. The number of pyridine rings is 1. The van der Waals surface area contributed by atoms with Crippen LogP contribution in [0.15, 0.2) is 28.9 Å². The van der Waals surface area contributed by atoms with E-state index in [1.807, 2.05) is 18.2 Å². The fourth-order valence-electron chi connectivity index (χ4n) is 2.21. The molecule has 0 aromatic carbocycles. The Morgan fingerprint density at radius 3 is 3.11 bits per heavy atom. The van der Waals surface area contributed by atoms with E-state index in [1.165, 1.54) is 12.8 Å². The van der Waals surface area contributed by atoms with Crippen LogP contribution in [0.2, 0.25) is 0 Å². The molecule has 3 rings (SSSR count). The average molecular weight is 244 g/mol. The summed E-state index contributed by atoms with van der Waals surface area (Å²) in [5, 5.41) is 7.42. The van der Waals surface area contributed by atoms with Gasteiger partial charge in [0.1, 0.15) is 0 Å². The van der Waals surface area contributed by atoms with Gasteiger partial charge >= 0.3 is 0 Å². The third-order valence-electron chi connectivity index (χ3n) is 3.16. The highest BCUT2D eigenvalue weighted by atomic mass is 16.5. The lowest BCUT2D eigenvalue weighted by atomic mass is 10.1. The molecule has 0 unspecified atom stereocenters. The maximum Gasteiger partial charge on any atom is 0.243 e. The van der Waals surface area contributed by atoms with Crippen molar-refractivity contribution in [3.05, 3.63) is 41.8 Å². The lowest BCUT2D eigenvalue weighted by Gasteiger charge is -2.19. The number of rotatable bonds is 3. The maximum absolute atomic E-state index is 5.32. The van der Waals surface area contributed by atoms with Gasteiger partial charge in [-0.05, 0) is 31.5 Å². The van der Waals surface area contributed by atoms with Crippen LogP contribution in [0.5, 0.6) is 0 Å². The van der Waals surface area contributed by atoms with Crippen molar-refractivity contribution < 1.29 is 4.52 Å². The van der Waals surface area contributed by atoms with Gasteiger partial charge in [-0.15, -0.1) is 0 Å². The van der Waals surface area contributed by atoms with Crippen molar-refractivity contribution in [3.8, 4) is 0 Å². The van der Waals surface area contributed by atoms with Crippen LogP contribution in [0, 0.1) is 0 Å². The zero-order chi connectivity index (χ0) is 12.2. The Kier molecular flexibility index (Phi) is 3.32. The molecule has 0 amide bonds. The van der Waals surface area contributed by atoms with Crippen molar-refractivity contribution in [2.45, 2.75) is 31.7 Å². The van der Waals surface area contributed by atoms with Crippen LogP contribution in [0.4, 0.5) is 0 Å². The number of nitrogens with zero attached hydrogens (tertiary/aromatic N) is 3. The summed E-state index contributed by atoms with van der Waals surface area (Å²) in [5.74, 6) is 1.41. The first-order valence-corrected chi connectivity index (χ1v) is 6.37. The van der Waals surface area contributed by atoms with E-state index in [4.69, 9.17) is 4.52 Å². The van der Waals surface area contributed by atoms with Crippen LogP contribution < -0.4 is 5.32 Å². The van der Waals surface area contributed by atoms with Crippen LogP contribution in [0.1, 0.15) is 42.7 Å². The van der Waals surface area contributed by atoms with Gasteiger partial charge in [0.15, 0.2) is 5.82 Å². The van der Waals surface area contributed by atoms with Gasteiger partial charge in [-0.3, -0.25) is 4.98 Å². The van der Waals surface area contributed by atoms with Gasteiger partial charge in [0.05, 0.1) is 12.5 Å². The van der Waals surface area contributed by atoms with Gasteiger partial charge in [-0.25, -0.2) is 0 Å². The third kappa shape index (κ3) is 2.56. The second-order valence-corrected chi connectivity index (χ2v) is 4.55. The second kappa shape index (κ2) is 5.27. The van der Waals surface area contributed by atoms with Gasteiger partial charge in [0.25, 0.3) is 0 Å². The molecule has 1 N–H and O–H groups in total. The first-order valence-electron chi connectivity index (χ1n) is 6.37. The quantitative estimate of drug-likeness (QED) is 0.893. The summed E-state index contributed by atoms with van der Waals surface area (Å²) in [6.45, 7) is 1.03. The molecule has 2 aromatic rings. The van der Waals surface area contributed by atoms with E-state index in [9.17, 15) is 0 Å². The van der Waals surface area contributed by atoms with Crippen molar-refractivity contribution >= 4 is 0 Å². The van der Waals surface area contributed by atoms with Crippen LogP contribution in [0.25, 0.3) is 0 Å². The Balaban J connectivity index is 1.69. The maximum atomic E-state index is 5.32. The van der Waals surface area contributed by atoms with E-state index in [1.54, 1.807) is 6.20 Å². The lowest BCUT2D eigenvalue weighted by molar-refractivity contribution is 0.296. The van der Waals surface area contributed by atoms with Crippen LogP contribution in [-0.4, -0.2) is 21.7 Å². The molecule has 1 aliphatic rings. The summed E-state index contributed by atoms with van der Waals surface area (Å²) in [6, 6.07) is 6.06. The molecule has 0 spiro atoms. The summed E-state index contributed by atoms with van der Waals surface area (Å²) >= 11 is 0. The number of hydrogen-bond acceptors (Lipinski definition) is 5. The first-order chi connectivity index (χ1) is 8.92. The van der Waals surface area contributed by atoms with Crippen molar-refractivity contribution in [1.29, 1.82) is 0 Å². The zero-order valence-corrected chi connectivity index (χ0v) is 10.2. The largest absolute Gasteiger partial charge is 0.338 e. The van der Waals surface area contributed by atoms with E-state index in [0.29, 0.717) is 18.1 Å². The van der Waals surface area contributed by atoms with Crippen molar-refractivity contribution in [3.63, 3.8) is 0 Å². The first kappa shape index (κ1) is 11.3. The smallest absolute Gasteiger partial charge is 0.243 e. The highest BCUT2D eigenvalue weighted by Gasteiger charge is 2.20. The third-order valence-corrected chi connectivity index (χ3v) is 3.16. The van der Waals surface area contributed by atoms with Gasteiger partial charge < -0.3 is 9.84 Å². The number of nitrogens with one attached hydrogen (secondary N) is 1. The Labute approximate surface area is 106 Å². The molecule has 1 saturated heterocycles. The summed E-state index contributed by atoms with van der Waals surface area (Å²) < 4.78 is 5.32. The van der Waals surface area contributed by atoms with Crippen molar-refractivity contribution in [2.75, 3.05) is 6.54 Å². The fraction of sp³-hybridized carbons (Fsp3) is 0.462. The normalized spacial score (nSPS) is 19.9. The Bertz CT molecular complexity index is 491. The monoisotopic (exact) mass is 244 g/mol. The second-order valence-electron chi connectivity index (χ2n) is 4.55. The molecule has 2 aromatic heterocycles. The van der Waals surface area contributed by atoms with E-state index >= 15 is 0 Å². The topological polar surface area (TPSA) is 63.8 Å². The molecule has 0 aliphatic carbocycles. The van der Waals surface area contributed by atoms with Gasteiger partial charge in [-0.1, -0.05) is 17.6 Å². The Morgan fingerprint density at radius 1 is 1.33 bits per heavy atom. The molecular formula is C13H16N4O. The molecule has 1 atom stereocenters. The molecule has 18 heavy (non-hydrogen) atoms. The predicted molar refractivity (Wildman–Crippen MR) is 65.9 cm³/mol. The summed E-state index contributed by atoms with van der Waals surface area (Å²) in [7, 11) is 0. The Morgan fingerprint density at radius 2 is 2.33 bits per heavy atom. The van der Waals surface area contributed by atoms with E-state index < -0.39 is 0 Å². The molecule has 5 nitrogen and oxygen atoms in total. The van der Waals surface area contributed by atoms with Crippen LogP contribution in [-0.2, 0) is 6.42 Å². The minimum atomic E-state index is 0.226. The van der Waals surface area contributed by atoms with Gasteiger partial charge in [0, 0.05) is 11.9 Å². The van der Waals surface area contributed by atoms with Crippen molar-refractivity contribution in [2.24, 2.45) is 0 Å². The molecule has 5 heteroatoms. The fourth-order valence-corrected chi connectivity index (χ4v) is 2.21. The highest BCUT2D eigenvalue weighted by Crippen LogP contribution is 2.21. The van der Waals surface area contributed by atoms with Crippen LogP contribution in [0.3, 0.4) is 0 Å². The van der Waals surface area contributed by atoms with E-state index in [2.05, 4.69) is 20.4 Å². The Hall–Kier alpha value is -1.75. The molecule has 0 bridgehead atoms. The minimum Gasteiger partial charge on any atom is -0.338 e.